The van der Waals surface area contributed by atoms with Crippen molar-refractivity contribution < 1.29 is 9.59 Å². The predicted molar refractivity (Wildman–Crippen MR) is 110 cm³/mol. The highest BCUT2D eigenvalue weighted by molar-refractivity contribution is 6.37. The molecule has 0 atom stereocenters. The Morgan fingerprint density at radius 3 is 1.81 bits per heavy atom. The number of benzene rings is 3. The molecule has 3 rings (SSSR count). The van der Waals surface area contributed by atoms with Crippen molar-refractivity contribution in [1.82, 2.24) is 0 Å². The summed E-state index contributed by atoms with van der Waals surface area (Å²) >= 11 is 11.9. The smallest absolute Gasteiger partial charge is 0.322 e. The highest BCUT2D eigenvalue weighted by Crippen LogP contribution is 2.22. The van der Waals surface area contributed by atoms with Crippen LogP contribution in [-0.2, 0) is 0 Å². The van der Waals surface area contributed by atoms with Crippen LogP contribution in [0, 0.1) is 0 Å². The first-order valence-corrected chi connectivity index (χ1v) is 8.76. The molecule has 0 radical (unpaired) electrons. The largest absolute Gasteiger partial charge is 0.323 e. The Labute approximate surface area is 166 Å². The van der Waals surface area contributed by atoms with Gasteiger partial charge in [-0.2, -0.15) is 0 Å². The maximum atomic E-state index is 12.3. The molecular formula is C20H15Cl2N3O2. The van der Waals surface area contributed by atoms with Crippen LogP contribution in [0.5, 0.6) is 0 Å². The third kappa shape index (κ3) is 5.23. The van der Waals surface area contributed by atoms with E-state index in [2.05, 4.69) is 16.0 Å². The summed E-state index contributed by atoms with van der Waals surface area (Å²) < 4.78 is 0. The molecule has 0 bridgehead atoms. The molecule has 0 unspecified atom stereocenters. The van der Waals surface area contributed by atoms with E-state index in [1.165, 1.54) is 6.07 Å². The molecule has 3 N–H and O–H groups in total. The van der Waals surface area contributed by atoms with Crippen LogP contribution in [0.1, 0.15) is 10.4 Å². The number of rotatable bonds is 4. The van der Waals surface area contributed by atoms with Crippen LogP contribution < -0.4 is 16.0 Å². The lowest BCUT2D eigenvalue weighted by Crippen LogP contribution is -2.19. The van der Waals surface area contributed by atoms with Crippen molar-refractivity contribution >= 4 is 52.2 Å². The van der Waals surface area contributed by atoms with Crippen molar-refractivity contribution in [3.8, 4) is 0 Å². The third-order valence-electron chi connectivity index (χ3n) is 3.61. The molecule has 3 aromatic rings. The number of anilines is 3. The first kappa shape index (κ1) is 18.8. The van der Waals surface area contributed by atoms with E-state index in [9.17, 15) is 9.59 Å². The number of para-hydroxylation sites is 1. The number of urea groups is 1. The van der Waals surface area contributed by atoms with Crippen molar-refractivity contribution in [2.24, 2.45) is 0 Å². The fourth-order valence-electron chi connectivity index (χ4n) is 2.32. The highest BCUT2D eigenvalue weighted by Gasteiger charge is 2.11. The summed E-state index contributed by atoms with van der Waals surface area (Å²) in [5, 5.41) is 8.92. The molecule has 0 saturated carbocycles. The van der Waals surface area contributed by atoms with Crippen LogP contribution in [0.25, 0.3) is 0 Å². The molecule has 0 heterocycles. The minimum atomic E-state index is -0.356. The Balaban J connectivity index is 1.60. The summed E-state index contributed by atoms with van der Waals surface area (Å²) in [6, 6.07) is 20.2. The fourth-order valence-corrected chi connectivity index (χ4v) is 2.82. The molecule has 0 aliphatic heterocycles. The van der Waals surface area contributed by atoms with Gasteiger partial charge in [0.25, 0.3) is 5.91 Å². The van der Waals surface area contributed by atoms with Crippen LogP contribution in [0.2, 0.25) is 10.0 Å². The Morgan fingerprint density at radius 2 is 1.22 bits per heavy atom. The molecule has 7 heteroatoms. The standard InChI is InChI=1S/C20H15Cl2N3O2/c21-13-6-11-17(18(22)12-13)19(26)23-15-7-9-16(10-8-15)25-20(27)24-14-4-2-1-3-5-14/h1-12H,(H,23,26)(H2,24,25,27). The second kappa shape index (κ2) is 8.58. The molecule has 0 fully saturated rings. The summed E-state index contributed by atoms with van der Waals surface area (Å²) in [6.45, 7) is 0. The normalized spacial score (nSPS) is 10.1. The first-order chi connectivity index (χ1) is 13.0. The molecule has 0 aliphatic carbocycles. The summed E-state index contributed by atoms with van der Waals surface area (Å²) in [7, 11) is 0. The van der Waals surface area contributed by atoms with Crippen LogP contribution in [0.4, 0.5) is 21.9 Å². The van der Waals surface area contributed by atoms with Gasteiger partial charge < -0.3 is 16.0 Å². The fraction of sp³-hybridized carbons (Fsp3) is 0. The van der Waals surface area contributed by atoms with Gasteiger partial charge in [-0.25, -0.2) is 4.79 Å². The summed E-state index contributed by atoms with van der Waals surface area (Å²) in [5.74, 6) is -0.348. The molecule has 3 amide bonds. The number of amides is 3. The summed E-state index contributed by atoms with van der Waals surface area (Å²) in [5.41, 5.74) is 2.18. The zero-order valence-corrected chi connectivity index (χ0v) is 15.5. The van der Waals surface area contributed by atoms with E-state index in [1.54, 1.807) is 48.5 Å². The zero-order valence-electron chi connectivity index (χ0n) is 14.0. The lowest BCUT2D eigenvalue weighted by atomic mass is 10.2. The highest BCUT2D eigenvalue weighted by atomic mass is 35.5. The minimum Gasteiger partial charge on any atom is -0.322 e. The van der Waals surface area contributed by atoms with Crippen LogP contribution in [0.15, 0.2) is 72.8 Å². The number of halogens is 2. The molecule has 0 saturated heterocycles. The van der Waals surface area contributed by atoms with Gasteiger partial charge >= 0.3 is 6.03 Å². The molecule has 0 spiro atoms. The van der Waals surface area contributed by atoms with Gasteiger partial charge in [0, 0.05) is 22.1 Å². The SMILES string of the molecule is O=C(Nc1ccccc1)Nc1ccc(NC(=O)c2ccc(Cl)cc2Cl)cc1. The quantitative estimate of drug-likeness (QED) is 0.511. The van der Waals surface area contributed by atoms with E-state index in [1.807, 2.05) is 18.2 Å². The number of hydrogen-bond acceptors (Lipinski definition) is 2. The summed E-state index contributed by atoms with van der Waals surface area (Å²) in [4.78, 5) is 24.3. The van der Waals surface area contributed by atoms with Crippen molar-refractivity contribution in [3.63, 3.8) is 0 Å². The van der Waals surface area contributed by atoms with E-state index in [0.717, 1.165) is 0 Å². The van der Waals surface area contributed by atoms with E-state index < -0.39 is 0 Å². The zero-order chi connectivity index (χ0) is 19.2. The Bertz CT molecular complexity index is 961. The van der Waals surface area contributed by atoms with Gasteiger partial charge in [-0.1, -0.05) is 41.4 Å². The second-order valence-electron chi connectivity index (χ2n) is 5.60. The van der Waals surface area contributed by atoms with Crippen molar-refractivity contribution in [2.45, 2.75) is 0 Å². The van der Waals surface area contributed by atoms with Gasteiger partial charge in [0.05, 0.1) is 10.6 Å². The number of carbonyl (C=O) groups is 2. The van der Waals surface area contributed by atoms with Crippen LogP contribution in [0.3, 0.4) is 0 Å². The first-order valence-electron chi connectivity index (χ1n) is 8.01. The van der Waals surface area contributed by atoms with E-state index in [4.69, 9.17) is 23.2 Å². The maximum absolute atomic E-state index is 12.3. The van der Waals surface area contributed by atoms with E-state index >= 15 is 0 Å². The van der Waals surface area contributed by atoms with E-state index in [0.29, 0.717) is 27.6 Å². The number of nitrogens with one attached hydrogen (secondary N) is 3. The Kier molecular flexibility index (Phi) is 5.96. The van der Waals surface area contributed by atoms with Gasteiger partial charge in [-0.3, -0.25) is 4.79 Å². The number of hydrogen-bond donors (Lipinski definition) is 3. The van der Waals surface area contributed by atoms with Crippen molar-refractivity contribution in [1.29, 1.82) is 0 Å². The van der Waals surface area contributed by atoms with Crippen molar-refractivity contribution in [2.75, 3.05) is 16.0 Å². The van der Waals surface area contributed by atoms with Crippen LogP contribution >= 0.6 is 23.2 Å². The molecule has 0 aromatic heterocycles. The average molecular weight is 400 g/mol. The average Bonchev–Trinajstić information content (AvgIpc) is 2.64. The van der Waals surface area contributed by atoms with Gasteiger partial charge in [-0.05, 0) is 54.6 Å². The monoisotopic (exact) mass is 399 g/mol. The second-order valence-corrected chi connectivity index (χ2v) is 6.44. The van der Waals surface area contributed by atoms with Gasteiger partial charge in [0.1, 0.15) is 0 Å². The van der Waals surface area contributed by atoms with Crippen molar-refractivity contribution in [3.05, 3.63) is 88.4 Å². The lowest BCUT2D eigenvalue weighted by Gasteiger charge is -2.10. The molecule has 5 nitrogen and oxygen atoms in total. The lowest BCUT2D eigenvalue weighted by molar-refractivity contribution is 0.102. The van der Waals surface area contributed by atoms with Gasteiger partial charge in [-0.15, -0.1) is 0 Å². The Hall–Kier alpha value is -3.02. The maximum Gasteiger partial charge on any atom is 0.323 e. The third-order valence-corrected chi connectivity index (χ3v) is 4.16. The predicted octanol–water partition coefficient (Wildman–Crippen LogP) is 5.89. The minimum absolute atomic E-state index is 0.274. The van der Waals surface area contributed by atoms with E-state index in [-0.39, 0.29) is 17.0 Å². The van der Waals surface area contributed by atoms with Crippen LogP contribution in [-0.4, -0.2) is 11.9 Å². The molecule has 27 heavy (non-hydrogen) atoms. The number of carbonyl (C=O) groups excluding carboxylic acids is 2. The summed E-state index contributed by atoms with van der Waals surface area (Å²) in [6.07, 6.45) is 0. The van der Waals surface area contributed by atoms with Gasteiger partial charge in [0.2, 0.25) is 0 Å². The topological polar surface area (TPSA) is 70.2 Å². The molecule has 0 aliphatic rings. The molecule has 136 valence electrons. The molecule has 3 aromatic carbocycles. The van der Waals surface area contributed by atoms with Gasteiger partial charge in [0.15, 0.2) is 0 Å². The molecular weight excluding hydrogens is 385 g/mol. The Morgan fingerprint density at radius 1 is 0.667 bits per heavy atom.